The molecule has 0 spiro atoms. The van der Waals surface area contributed by atoms with Gasteiger partial charge in [0, 0.05) is 5.69 Å². The number of ether oxygens (including phenoxy) is 2. The Morgan fingerprint density at radius 2 is 1.74 bits per heavy atom. The van der Waals surface area contributed by atoms with Crippen LogP contribution in [0, 0.1) is 11.3 Å². The van der Waals surface area contributed by atoms with Crippen molar-refractivity contribution in [1.29, 1.82) is 5.26 Å². The standard InChI is InChI=1S/C29H23ClN2O3/c1-2-34-26-12-10-25(11-13-26)32-29(33)24(18-31)15-20-8-14-28(27(30)17-20)35-19-21-7-9-22-5-3-4-6-23(22)16-21/h3-17H,2,19H2,1H3,(H,32,33)/b24-15+. The molecule has 5 nitrogen and oxygen atoms in total. The largest absolute Gasteiger partial charge is 0.494 e. The van der Waals surface area contributed by atoms with Gasteiger partial charge in [-0.25, -0.2) is 0 Å². The van der Waals surface area contributed by atoms with Gasteiger partial charge in [-0.3, -0.25) is 4.79 Å². The van der Waals surface area contributed by atoms with Crippen LogP contribution in [0.1, 0.15) is 18.1 Å². The molecule has 0 aromatic heterocycles. The maximum Gasteiger partial charge on any atom is 0.266 e. The zero-order valence-electron chi connectivity index (χ0n) is 19.1. The molecule has 0 radical (unpaired) electrons. The summed E-state index contributed by atoms with van der Waals surface area (Å²) < 4.78 is 11.3. The molecule has 0 aliphatic rings. The Balaban J connectivity index is 1.42. The lowest BCUT2D eigenvalue weighted by molar-refractivity contribution is -0.112. The topological polar surface area (TPSA) is 71.3 Å². The second kappa shape index (κ2) is 11.2. The number of anilines is 1. The highest BCUT2D eigenvalue weighted by molar-refractivity contribution is 6.32. The van der Waals surface area contributed by atoms with Crippen molar-refractivity contribution >= 4 is 40.0 Å². The van der Waals surface area contributed by atoms with Crippen molar-refractivity contribution in [2.75, 3.05) is 11.9 Å². The number of carbonyl (C=O) groups excluding carboxylic acids is 1. The maximum atomic E-state index is 12.6. The molecule has 4 aromatic rings. The summed E-state index contributed by atoms with van der Waals surface area (Å²) in [5.41, 5.74) is 2.17. The predicted octanol–water partition coefficient (Wildman–Crippen LogP) is 7.02. The lowest BCUT2D eigenvalue weighted by Gasteiger charge is -2.10. The number of nitriles is 1. The summed E-state index contributed by atoms with van der Waals surface area (Å²) in [5.74, 6) is 0.720. The van der Waals surface area contributed by atoms with E-state index in [1.807, 2.05) is 31.2 Å². The van der Waals surface area contributed by atoms with Crippen LogP contribution in [0.3, 0.4) is 0 Å². The van der Waals surface area contributed by atoms with Crippen molar-refractivity contribution < 1.29 is 14.3 Å². The van der Waals surface area contributed by atoms with Gasteiger partial charge in [0.2, 0.25) is 0 Å². The van der Waals surface area contributed by atoms with Crippen LogP contribution in [0.4, 0.5) is 5.69 Å². The summed E-state index contributed by atoms with van der Waals surface area (Å²) >= 11 is 6.42. The van der Waals surface area contributed by atoms with E-state index in [0.717, 1.165) is 10.9 Å². The van der Waals surface area contributed by atoms with Crippen molar-refractivity contribution in [3.8, 4) is 17.6 Å². The van der Waals surface area contributed by atoms with E-state index in [4.69, 9.17) is 21.1 Å². The minimum atomic E-state index is -0.510. The summed E-state index contributed by atoms with van der Waals surface area (Å²) in [7, 11) is 0. The van der Waals surface area contributed by atoms with Crippen molar-refractivity contribution in [3.05, 3.63) is 107 Å². The highest BCUT2D eigenvalue weighted by atomic mass is 35.5. The molecular formula is C29H23ClN2O3. The van der Waals surface area contributed by atoms with Gasteiger partial charge in [0.15, 0.2) is 0 Å². The summed E-state index contributed by atoms with van der Waals surface area (Å²) in [6, 6.07) is 28.4. The second-order valence-corrected chi connectivity index (χ2v) is 8.15. The summed E-state index contributed by atoms with van der Waals surface area (Å²) in [6.07, 6.45) is 1.49. The molecule has 4 rings (SSSR count). The number of benzene rings is 4. The quantitative estimate of drug-likeness (QED) is 0.216. The third-order valence-corrected chi connectivity index (χ3v) is 5.56. The Hall–Kier alpha value is -4.27. The first-order valence-corrected chi connectivity index (χ1v) is 11.5. The number of rotatable bonds is 8. The maximum absolute atomic E-state index is 12.6. The molecule has 4 aromatic carbocycles. The van der Waals surface area contributed by atoms with Gasteiger partial charge in [0.25, 0.3) is 5.91 Å². The SMILES string of the molecule is CCOc1ccc(NC(=O)/C(C#N)=C/c2ccc(OCc3ccc4ccccc4c3)c(Cl)c2)cc1. The fourth-order valence-electron chi connectivity index (χ4n) is 3.53. The highest BCUT2D eigenvalue weighted by Crippen LogP contribution is 2.28. The molecule has 0 aliphatic carbocycles. The van der Waals surface area contributed by atoms with E-state index in [1.165, 1.54) is 11.5 Å². The Labute approximate surface area is 209 Å². The first-order chi connectivity index (χ1) is 17.1. The number of fused-ring (bicyclic) bond motifs is 1. The van der Waals surface area contributed by atoms with E-state index in [2.05, 4.69) is 29.6 Å². The molecule has 35 heavy (non-hydrogen) atoms. The molecule has 0 bridgehead atoms. The number of halogens is 1. The number of hydrogen-bond acceptors (Lipinski definition) is 4. The Bertz CT molecular complexity index is 1420. The van der Waals surface area contributed by atoms with E-state index in [1.54, 1.807) is 42.5 Å². The van der Waals surface area contributed by atoms with Gasteiger partial charge in [-0.15, -0.1) is 0 Å². The van der Waals surface area contributed by atoms with Crippen LogP contribution in [-0.2, 0) is 11.4 Å². The summed E-state index contributed by atoms with van der Waals surface area (Å²) in [4.78, 5) is 12.6. The summed E-state index contributed by atoms with van der Waals surface area (Å²) in [6.45, 7) is 2.83. The van der Waals surface area contributed by atoms with Gasteiger partial charge >= 0.3 is 0 Å². The van der Waals surface area contributed by atoms with E-state index in [0.29, 0.717) is 41.0 Å². The normalized spacial score (nSPS) is 11.1. The Morgan fingerprint density at radius 3 is 2.46 bits per heavy atom. The van der Waals surface area contributed by atoms with Gasteiger partial charge in [0.1, 0.15) is 29.7 Å². The van der Waals surface area contributed by atoms with E-state index < -0.39 is 5.91 Å². The lowest BCUT2D eigenvalue weighted by Crippen LogP contribution is -2.13. The number of carbonyl (C=O) groups is 1. The van der Waals surface area contributed by atoms with Gasteiger partial charge in [-0.05, 0) is 77.4 Å². The van der Waals surface area contributed by atoms with Crippen molar-refractivity contribution in [2.45, 2.75) is 13.5 Å². The second-order valence-electron chi connectivity index (χ2n) is 7.74. The molecule has 0 atom stereocenters. The molecule has 0 aliphatic heterocycles. The Kier molecular flexibility index (Phi) is 7.67. The van der Waals surface area contributed by atoms with Gasteiger partial charge in [-0.2, -0.15) is 5.26 Å². The minimum Gasteiger partial charge on any atom is -0.494 e. The van der Waals surface area contributed by atoms with E-state index >= 15 is 0 Å². The molecule has 6 heteroatoms. The highest BCUT2D eigenvalue weighted by Gasteiger charge is 2.11. The molecule has 0 saturated heterocycles. The third kappa shape index (κ3) is 6.20. The first kappa shape index (κ1) is 23.9. The van der Waals surface area contributed by atoms with Gasteiger partial charge < -0.3 is 14.8 Å². The molecule has 174 valence electrons. The third-order valence-electron chi connectivity index (χ3n) is 5.26. The van der Waals surface area contributed by atoms with Crippen LogP contribution >= 0.6 is 11.6 Å². The number of amides is 1. The molecule has 1 N–H and O–H groups in total. The smallest absolute Gasteiger partial charge is 0.266 e. The van der Waals surface area contributed by atoms with Crippen LogP contribution in [-0.4, -0.2) is 12.5 Å². The molecule has 0 unspecified atom stereocenters. The number of nitrogens with zero attached hydrogens (tertiary/aromatic N) is 1. The number of hydrogen-bond donors (Lipinski definition) is 1. The molecule has 0 fully saturated rings. The number of nitrogens with one attached hydrogen (secondary N) is 1. The molecule has 0 heterocycles. The Morgan fingerprint density at radius 1 is 0.971 bits per heavy atom. The van der Waals surface area contributed by atoms with Crippen molar-refractivity contribution in [1.82, 2.24) is 0 Å². The lowest BCUT2D eigenvalue weighted by atomic mass is 10.1. The van der Waals surface area contributed by atoms with E-state index in [9.17, 15) is 10.1 Å². The van der Waals surface area contributed by atoms with Crippen LogP contribution < -0.4 is 14.8 Å². The molecule has 1 amide bonds. The van der Waals surface area contributed by atoms with Crippen LogP contribution in [0.2, 0.25) is 5.02 Å². The monoisotopic (exact) mass is 482 g/mol. The van der Waals surface area contributed by atoms with Crippen molar-refractivity contribution in [3.63, 3.8) is 0 Å². The first-order valence-electron chi connectivity index (χ1n) is 11.1. The van der Waals surface area contributed by atoms with E-state index in [-0.39, 0.29) is 5.57 Å². The zero-order chi connectivity index (χ0) is 24.6. The zero-order valence-corrected chi connectivity index (χ0v) is 19.9. The molecule has 0 saturated carbocycles. The summed E-state index contributed by atoms with van der Waals surface area (Å²) in [5, 5.41) is 14.9. The van der Waals surface area contributed by atoms with Crippen LogP contribution in [0.25, 0.3) is 16.8 Å². The predicted molar refractivity (Wildman–Crippen MR) is 140 cm³/mol. The van der Waals surface area contributed by atoms with Crippen LogP contribution in [0.15, 0.2) is 90.5 Å². The fourth-order valence-corrected chi connectivity index (χ4v) is 3.77. The van der Waals surface area contributed by atoms with Gasteiger partial charge in [0.05, 0.1) is 11.6 Å². The minimum absolute atomic E-state index is 0.0419. The van der Waals surface area contributed by atoms with Crippen LogP contribution in [0.5, 0.6) is 11.5 Å². The molecular weight excluding hydrogens is 460 g/mol. The van der Waals surface area contributed by atoms with Gasteiger partial charge in [-0.1, -0.05) is 54.1 Å². The average Bonchev–Trinajstić information content (AvgIpc) is 2.88. The van der Waals surface area contributed by atoms with Crippen molar-refractivity contribution in [2.24, 2.45) is 0 Å². The average molecular weight is 483 g/mol. The fraction of sp³-hybridized carbons (Fsp3) is 0.103.